The van der Waals surface area contributed by atoms with Crippen LogP contribution in [0.25, 0.3) is 0 Å². The van der Waals surface area contributed by atoms with Crippen LogP contribution < -0.4 is 5.73 Å². The summed E-state index contributed by atoms with van der Waals surface area (Å²) < 4.78 is 5.42. The fourth-order valence-corrected chi connectivity index (χ4v) is 1.55. The summed E-state index contributed by atoms with van der Waals surface area (Å²) in [5.74, 6) is 0.700. The molecule has 0 saturated heterocycles. The summed E-state index contributed by atoms with van der Waals surface area (Å²) in [5.41, 5.74) is 6.70. The van der Waals surface area contributed by atoms with Crippen molar-refractivity contribution >= 4 is 0 Å². The van der Waals surface area contributed by atoms with E-state index in [0.717, 1.165) is 12.8 Å². The fraction of sp³-hybridized carbons (Fsp3) is 0.733. The van der Waals surface area contributed by atoms with Crippen LogP contribution in [0.3, 0.4) is 0 Å². The number of hydrogen-bond acceptors (Lipinski definition) is 2. The molecule has 0 aromatic rings. The minimum Gasteiger partial charge on any atom is -0.379 e. The summed E-state index contributed by atoms with van der Waals surface area (Å²) in [6, 6.07) is 0. The van der Waals surface area contributed by atoms with Gasteiger partial charge in [-0.15, -0.1) is 0 Å². The molecular formula is C15H29NO. The molecule has 2 heteroatoms. The highest BCUT2D eigenvalue weighted by molar-refractivity contribution is 5.16. The van der Waals surface area contributed by atoms with Crippen molar-refractivity contribution in [2.45, 2.75) is 52.6 Å². The molecule has 0 aliphatic rings. The van der Waals surface area contributed by atoms with Gasteiger partial charge in [-0.25, -0.2) is 0 Å². The molecule has 0 spiro atoms. The van der Waals surface area contributed by atoms with Gasteiger partial charge >= 0.3 is 0 Å². The first-order valence-electron chi connectivity index (χ1n) is 6.50. The highest BCUT2D eigenvalue weighted by atomic mass is 16.5. The Morgan fingerprint density at radius 1 is 1.41 bits per heavy atom. The maximum Gasteiger partial charge on any atom is 0.0622 e. The molecule has 0 aliphatic heterocycles. The van der Waals surface area contributed by atoms with E-state index in [1.54, 1.807) is 7.11 Å². The zero-order valence-corrected chi connectivity index (χ0v) is 12.1. The summed E-state index contributed by atoms with van der Waals surface area (Å²) in [4.78, 5) is 0. The molecule has 0 aromatic heterocycles. The summed E-state index contributed by atoms with van der Waals surface area (Å²) in [5, 5.41) is 0. The van der Waals surface area contributed by atoms with Crippen LogP contribution in [-0.2, 0) is 4.74 Å². The number of allylic oxidation sites excluding steroid dienone is 3. The van der Waals surface area contributed by atoms with Crippen LogP contribution in [-0.4, -0.2) is 19.3 Å². The molecule has 0 aromatic carbocycles. The topological polar surface area (TPSA) is 35.2 Å². The lowest BCUT2D eigenvalue weighted by Crippen LogP contribution is -2.22. The van der Waals surface area contributed by atoms with Gasteiger partial charge in [0.1, 0.15) is 0 Å². The van der Waals surface area contributed by atoms with E-state index in [-0.39, 0.29) is 5.60 Å². The second-order valence-corrected chi connectivity index (χ2v) is 5.43. The van der Waals surface area contributed by atoms with Gasteiger partial charge in [-0.05, 0) is 46.0 Å². The third-order valence-corrected chi connectivity index (χ3v) is 3.15. The van der Waals surface area contributed by atoms with Crippen molar-refractivity contribution in [3.05, 3.63) is 23.8 Å². The highest BCUT2D eigenvalue weighted by Crippen LogP contribution is 2.21. The molecule has 2 N–H and O–H groups in total. The molecule has 0 fully saturated rings. The quantitative estimate of drug-likeness (QED) is 0.656. The largest absolute Gasteiger partial charge is 0.379 e. The number of ether oxygens (including phenoxy) is 1. The number of hydrogen-bond donors (Lipinski definition) is 1. The molecule has 17 heavy (non-hydrogen) atoms. The average molecular weight is 239 g/mol. The van der Waals surface area contributed by atoms with Crippen LogP contribution in [0, 0.1) is 5.92 Å². The van der Waals surface area contributed by atoms with E-state index in [9.17, 15) is 0 Å². The van der Waals surface area contributed by atoms with Gasteiger partial charge in [-0.2, -0.15) is 0 Å². The minimum absolute atomic E-state index is 0.00728. The van der Waals surface area contributed by atoms with Crippen LogP contribution in [0.1, 0.15) is 47.0 Å². The maximum absolute atomic E-state index is 5.45. The van der Waals surface area contributed by atoms with Crippen LogP contribution in [0.15, 0.2) is 23.8 Å². The zero-order valence-electron chi connectivity index (χ0n) is 12.1. The van der Waals surface area contributed by atoms with Gasteiger partial charge < -0.3 is 10.5 Å². The molecule has 0 amide bonds. The fourth-order valence-electron chi connectivity index (χ4n) is 1.55. The third-order valence-electron chi connectivity index (χ3n) is 3.15. The van der Waals surface area contributed by atoms with Gasteiger partial charge in [0.25, 0.3) is 0 Å². The first kappa shape index (κ1) is 16.4. The first-order chi connectivity index (χ1) is 7.91. The number of methoxy groups -OCH3 is 1. The third kappa shape index (κ3) is 9.13. The Kier molecular flexibility index (Phi) is 8.19. The van der Waals surface area contributed by atoms with Crippen LogP contribution in [0.4, 0.5) is 0 Å². The molecule has 2 nitrogen and oxygen atoms in total. The molecule has 100 valence electrons. The van der Waals surface area contributed by atoms with Crippen molar-refractivity contribution < 1.29 is 4.74 Å². The standard InChI is InChI=1S/C15H29NO/c1-13(9-11-15(3,4)17-5)7-6-8-14(2)10-12-16/h6,8,10,13H,7,9,11-12,16H2,1-5H3/b8-6+,14-10+. The molecule has 0 rings (SSSR count). The Morgan fingerprint density at radius 3 is 2.59 bits per heavy atom. The van der Waals surface area contributed by atoms with E-state index in [0.29, 0.717) is 12.5 Å². The lowest BCUT2D eigenvalue weighted by molar-refractivity contribution is 0.0109. The molecule has 1 atom stereocenters. The van der Waals surface area contributed by atoms with Crippen LogP contribution in [0.5, 0.6) is 0 Å². The van der Waals surface area contributed by atoms with Gasteiger partial charge in [-0.3, -0.25) is 0 Å². The molecule has 1 unspecified atom stereocenters. The lowest BCUT2D eigenvalue weighted by Gasteiger charge is -2.24. The Balaban J connectivity index is 3.88. The molecule has 0 aliphatic carbocycles. The van der Waals surface area contributed by atoms with Crippen molar-refractivity contribution in [3.63, 3.8) is 0 Å². The Bertz CT molecular complexity index is 254. The maximum atomic E-state index is 5.45. The SMILES string of the molecule is COC(C)(C)CCC(C)C/C=C/C(C)=C/CN. The van der Waals surface area contributed by atoms with Gasteiger partial charge in [0.2, 0.25) is 0 Å². The normalized spacial score (nSPS) is 15.5. The van der Waals surface area contributed by atoms with E-state index < -0.39 is 0 Å². The molecule has 0 saturated carbocycles. The second-order valence-electron chi connectivity index (χ2n) is 5.43. The molecular weight excluding hydrogens is 210 g/mol. The lowest BCUT2D eigenvalue weighted by atomic mass is 9.94. The predicted octanol–water partition coefficient (Wildman–Crippen LogP) is 3.68. The smallest absolute Gasteiger partial charge is 0.0622 e. The number of rotatable bonds is 8. The van der Waals surface area contributed by atoms with Crippen molar-refractivity contribution in [3.8, 4) is 0 Å². The Hall–Kier alpha value is -0.600. The predicted molar refractivity (Wildman–Crippen MR) is 76.1 cm³/mol. The van der Waals surface area contributed by atoms with E-state index in [1.165, 1.54) is 12.0 Å². The Morgan fingerprint density at radius 2 is 2.06 bits per heavy atom. The molecule has 0 heterocycles. The molecule has 0 radical (unpaired) electrons. The van der Waals surface area contributed by atoms with E-state index >= 15 is 0 Å². The molecule has 0 bridgehead atoms. The van der Waals surface area contributed by atoms with Crippen LogP contribution in [0.2, 0.25) is 0 Å². The van der Waals surface area contributed by atoms with Gasteiger partial charge in [0, 0.05) is 13.7 Å². The summed E-state index contributed by atoms with van der Waals surface area (Å²) in [6.07, 6.45) is 9.86. The highest BCUT2D eigenvalue weighted by Gasteiger charge is 2.16. The van der Waals surface area contributed by atoms with Gasteiger partial charge in [0.05, 0.1) is 5.60 Å². The van der Waals surface area contributed by atoms with Crippen molar-refractivity contribution in [1.82, 2.24) is 0 Å². The van der Waals surface area contributed by atoms with Gasteiger partial charge in [0.15, 0.2) is 0 Å². The monoisotopic (exact) mass is 239 g/mol. The van der Waals surface area contributed by atoms with E-state index in [1.807, 2.05) is 6.08 Å². The van der Waals surface area contributed by atoms with Crippen molar-refractivity contribution in [2.75, 3.05) is 13.7 Å². The summed E-state index contributed by atoms with van der Waals surface area (Å²) in [7, 11) is 1.78. The summed E-state index contributed by atoms with van der Waals surface area (Å²) >= 11 is 0. The minimum atomic E-state index is 0.00728. The van der Waals surface area contributed by atoms with E-state index in [2.05, 4.69) is 39.8 Å². The first-order valence-corrected chi connectivity index (χ1v) is 6.50. The van der Waals surface area contributed by atoms with Crippen LogP contribution >= 0.6 is 0 Å². The van der Waals surface area contributed by atoms with E-state index in [4.69, 9.17) is 10.5 Å². The Labute approximate surface area is 107 Å². The average Bonchev–Trinajstić information content (AvgIpc) is 2.27. The van der Waals surface area contributed by atoms with Crippen molar-refractivity contribution in [2.24, 2.45) is 11.7 Å². The summed E-state index contributed by atoms with van der Waals surface area (Å²) in [6.45, 7) is 9.28. The second kappa shape index (κ2) is 8.48. The number of nitrogens with two attached hydrogens (primary N) is 1. The van der Waals surface area contributed by atoms with Crippen molar-refractivity contribution in [1.29, 1.82) is 0 Å². The van der Waals surface area contributed by atoms with Gasteiger partial charge in [-0.1, -0.05) is 30.7 Å². The zero-order chi connectivity index (χ0) is 13.3.